The van der Waals surface area contributed by atoms with E-state index in [9.17, 15) is 0 Å². The van der Waals surface area contributed by atoms with E-state index in [4.69, 9.17) is 4.42 Å². The van der Waals surface area contributed by atoms with Crippen molar-refractivity contribution in [3.05, 3.63) is 28.4 Å². The number of oxazole rings is 1. The van der Waals surface area contributed by atoms with E-state index in [0.29, 0.717) is 24.9 Å². The summed E-state index contributed by atoms with van der Waals surface area (Å²) in [5.41, 5.74) is 1.90. The van der Waals surface area contributed by atoms with Crippen LogP contribution in [0.2, 0.25) is 0 Å². The zero-order chi connectivity index (χ0) is 16.1. The minimum atomic E-state index is 0.494. The third-order valence-electron chi connectivity index (χ3n) is 3.06. The fraction of sp³-hybridized carbons (Fsp3) is 0.500. The van der Waals surface area contributed by atoms with Crippen molar-refractivity contribution < 1.29 is 4.42 Å². The lowest BCUT2D eigenvalue weighted by Crippen LogP contribution is -2.36. The minimum Gasteiger partial charge on any atom is -0.444 e. The predicted molar refractivity (Wildman–Crippen MR) is 89.5 cm³/mol. The Labute approximate surface area is 134 Å². The molecule has 0 amide bonds. The van der Waals surface area contributed by atoms with E-state index in [1.165, 1.54) is 0 Å². The second-order valence-corrected chi connectivity index (χ2v) is 5.88. The van der Waals surface area contributed by atoms with E-state index in [0.717, 1.165) is 22.3 Å². The largest absolute Gasteiger partial charge is 0.444 e. The fourth-order valence-electron chi connectivity index (χ4n) is 1.75. The molecular weight excluding hydrogens is 300 g/mol. The lowest BCUT2D eigenvalue weighted by atomic mass is 10.4. The van der Waals surface area contributed by atoms with Crippen molar-refractivity contribution in [1.29, 1.82) is 0 Å². The number of hydrogen-bond donors (Lipinski definition) is 2. The molecule has 0 fully saturated rings. The molecule has 0 aromatic carbocycles. The van der Waals surface area contributed by atoms with Gasteiger partial charge in [0, 0.05) is 26.5 Å². The van der Waals surface area contributed by atoms with E-state index in [-0.39, 0.29) is 0 Å². The van der Waals surface area contributed by atoms with Gasteiger partial charge in [-0.3, -0.25) is 4.99 Å². The van der Waals surface area contributed by atoms with Crippen LogP contribution in [0.3, 0.4) is 0 Å². The molecule has 2 N–H and O–H groups in total. The Bertz CT molecular complexity index is 626. The van der Waals surface area contributed by atoms with Gasteiger partial charge in [0.1, 0.15) is 5.76 Å². The Morgan fingerprint density at radius 3 is 2.55 bits per heavy atom. The van der Waals surface area contributed by atoms with Crippen molar-refractivity contribution in [2.45, 2.75) is 26.9 Å². The Kier molecular flexibility index (Phi) is 5.37. The van der Waals surface area contributed by atoms with Gasteiger partial charge in [-0.1, -0.05) is 0 Å². The van der Waals surface area contributed by atoms with Crippen molar-refractivity contribution in [3.63, 3.8) is 0 Å². The van der Waals surface area contributed by atoms with E-state index in [2.05, 4.69) is 25.6 Å². The van der Waals surface area contributed by atoms with Crippen LogP contribution >= 0.6 is 11.3 Å². The number of rotatable bonds is 5. The third kappa shape index (κ3) is 4.20. The van der Waals surface area contributed by atoms with Crippen LogP contribution in [0.15, 0.2) is 14.8 Å². The summed E-state index contributed by atoms with van der Waals surface area (Å²) in [6, 6.07) is 0. The Hall–Kier alpha value is -2.09. The molecule has 0 radical (unpaired) electrons. The van der Waals surface area contributed by atoms with Crippen molar-refractivity contribution in [1.82, 2.24) is 20.6 Å². The number of thiazole rings is 1. The molecule has 8 heteroatoms. The van der Waals surface area contributed by atoms with Gasteiger partial charge in [0.25, 0.3) is 0 Å². The first-order valence-electron chi connectivity index (χ1n) is 6.98. The van der Waals surface area contributed by atoms with Gasteiger partial charge in [-0.05, 0) is 13.8 Å². The summed E-state index contributed by atoms with van der Waals surface area (Å²) in [6.45, 7) is 4.95. The van der Waals surface area contributed by atoms with Crippen LogP contribution in [0.1, 0.15) is 23.0 Å². The molecule has 2 heterocycles. The monoisotopic (exact) mass is 322 g/mol. The van der Waals surface area contributed by atoms with Gasteiger partial charge >= 0.3 is 0 Å². The molecule has 0 aliphatic carbocycles. The van der Waals surface area contributed by atoms with Crippen LogP contribution in [0, 0.1) is 13.8 Å². The molecule has 120 valence electrons. The third-order valence-corrected chi connectivity index (χ3v) is 4.12. The highest BCUT2D eigenvalue weighted by Crippen LogP contribution is 2.17. The fourth-order valence-corrected chi connectivity index (χ4v) is 2.51. The summed E-state index contributed by atoms with van der Waals surface area (Å²) in [4.78, 5) is 15.0. The average Bonchev–Trinajstić information content (AvgIpc) is 3.07. The normalized spacial score (nSPS) is 11.6. The second kappa shape index (κ2) is 7.26. The van der Waals surface area contributed by atoms with Gasteiger partial charge in [0.2, 0.25) is 5.89 Å². The van der Waals surface area contributed by atoms with E-state index >= 15 is 0 Å². The van der Waals surface area contributed by atoms with Gasteiger partial charge in [-0.25, -0.2) is 9.97 Å². The summed E-state index contributed by atoms with van der Waals surface area (Å²) in [5.74, 6) is 2.19. The molecule has 7 nitrogen and oxygen atoms in total. The summed E-state index contributed by atoms with van der Waals surface area (Å²) in [7, 11) is 5.70. The molecule has 0 aliphatic rings. The molecule has 22 heavy (non-hydrogen) atoms. The minimum absolute atomic E-state index is 0.494. The summed E-state index contributed by atoms with van der Waals surface area (Å²) in [5, 5.41) is 9.43. The first kappa shape index (κ1) is 16.3. The van der Waals surface area contributed by atoms with Crippen molar-refractivity contribution >= 4 is 22.4 Å². The maximum atomic E-state index is 5.53. The molecule has 0 bridgehead atoms. The highest BCUT2D eigenvalue weighted by Gasteiger charge is 2.07. The zero-order valence-corrected chi connectivity index (χ0v) is 14.4. The van der Waals surface area contributed by atoms with Crippen LogP contribution in [0.5, 0.6) is 0 Å². The van der Waals surface area contributed by atoms with Gasteiger partial charge in [-0.15, -0.1) is 11.3 Å². The number of aryl methyl sites for hydroxylation is 2. The lowest BCUT2D eigenvalue weighted by molar-refractivity contribution is 0.463. The molecule has 2 rings (SSSR count). The lowest BCUT2D eigenvalue weighted by Gasteiger charge is -2.09. The maximum Gasteiger partial charge on any atom is 0.214 e. The van der Waals surface area contributed by atoms with Gasteiger partial charge in [0.15, 0.2) is 11.1 Å². The Morgan fingerprint density at radius 2 is 2.00 bits per heavy atom. The SMILES string of the molecule is CN=C(NCc1csc(N(C)C)n1)NCc1nc(C)c(C)o1. The molecule has 0 spiro atoms. The van der Waals surface area contributed by atoms with Gasteiger partial charge in [-0.2, -0.15) is 0 Å². The van der Waals surface area contributed by atoms with Crippen LogP contribution in [0.25, 0.3) is 0 Å². The Balaban J connectivity index is 1.84. The van der Waals surface area contributed by atoms with E-state index in [1.807, 2.05) is 38.2 Å². The number of nitrogens with zero attached hydrogens (tertiary/aromatic N) is 4. The number of nitrogens with one attached hydrogen (secondary N) is 2. The van der Waals surface area contributed by atoms with Crippen LogP contribution in [-0.4, -0.2) is 37.1 Å². The molecule has 0 saturated heterocycles. The zero-order valence-electron chi connectivity index (χ0n) is 13.6. The van der Waals surface area contributed by atoms with Crippen LogP contribution < -0.4 is 15.5 Å². The quantitative estimate of drug-likeness (QED) is 0.644. The maximum absolute atomic E-state index is 5.53. The summed E-state index contributed by atoms with van der Waals surface area (Å²) >= 11 is 1.62. The average molecular weight is 322 g/mol. The molecule has 0 saturated carbocycles. The topological polar surface area (TPSA) is 78.6 Å². The first-order chi connectivity index (χ1) is 10.5. The van der Waals surface area contributed by atoms with E-state index < -0.39 is 0 Å². The summed E-state index contributed by atoms with van der Waals surface area (Å²) in [6.07, 6.45) is 0. The highest BCUT2D eigenvalue weighted by atomic mass is 32.1. The number of anilines is 1. The molecule has 2 aromatic heterocycles. The molecule has 0 atom stereocenters. The summed E-state index contributed by atoms with van der Waals surface area (Å²) < 4.78 is 5.53. The standard InChI is InChI=1S/C14H22N6OS/c1-9-10(2)21-12(18-9)7-17-13(15-3)16-6-11-8-22-14(19-11)20(4)5/h8H,6-7H2,1-5H3,(H2,15,16,17). The molecule has 0 unspecified atom stereocenters. The van der Waals surface area contributed by atoms with Crippen molar-refractivity contribution in [2.24, 2.45) is 4.99 Å². The van der Waals surface area contributed by atoms with Crippen molar-refractivity contribution in [2.75, 3.05) is 26.0 Å². The van der Waals surface area contributed by atoms with Crippen molar-refractivity contribution in [3.8, 4) is 0 Å². The highest BCUT2D eigenvalue weighted by molar-refractivity contribution is 7.13. The second-order valence-electron chi connectivity index (χ2n) is 5.04. The number of hydrogen-bond acceptors (Lipinski definition) is 6. The number of guanidine groups is 1. The predicted octanol–water partition coefficient (Wildman–Crippen LogP) is 1.68. The van der Waals surface area contributed by atoms with Crippen LogP contribution in [0.4, 0.5) is 5.13 Å². The number of aliphatic imine (C=N–C) groups is 1. The first-order valence-corrected chi connectivity index (χ1v) is 7.86. The van der Waals surface area contributed by atoms with Gasteiger partial charge < -0.3 is 20.0 Å². The molecule has 0 aliphatic heterocycles. The van der Waals surface area contributed by atoms with Crippen LogP contribution in [-0.2, 0) is 13.1 Å². The number of aromatic nitrogens is 2. The van der Waals surface area contributed by atoms with E-state index in [1.54, 1.807) is 18.4 Å². The molecular formula is C14H22N6OS. The van der Waals surface area contributed by atoms with Gasteiger partial charge in [0.05, 0.1) is 24.5 Å². The smallest absolute Gasteiger partial charge is 0.214 e. The molecule has 2 aromatic rings. The Morgan fingerprint density at radius 1 is 1.27 bits per heavy atom.